The van der Waals surface area contributed by atoms with E-state index in [4.69, 9.17) is 16.1 Å². The van der Waals surface area contributed by atoms with Crippen LogP contribution in [0.2, 0.25) is 5.02 Å². The van der Waals surface area contributed by atoms with Crippen LogP contribution in [-0.2, 0) is 11.8 Å². The minimum Gasteiger partial charge on any atom is -0.388 e. The Morgan fingerprint density at radius 2 is 2.00 bits per heavy atom. The average molecular weight is 386 g/mol. The Balaban J connectivity index is 1.89. The van der Waals surface area contributed by atoms with Gasteiger partial charge in [0.15, 0.2) is 5.82 Å². The molecular weight excluding hydrogens is 369 g/mol. The van der Waals surface area contributed by atoms with Crippen LogP contribution in [0.15, 0.2) is 44.6 Å². The van der Waals surface area contributed by atoms with Crippen LogP contribution >= 0.6 is 11.6 Å². The molecule has 0 bridgehead atoms. The van der Waals surface area contributed by atoms with Gasteiger partial charge in [-0.3, -0.25) is 9.36 Å². The number of nitrogens with zero attached hydrogens (tertiary/aromatic N) is 3. The summed E-state index contributed by atoms with van der Waals surface area (Å²) in [5.41, 5.74) is 0.0400. The lowest BCUT2D eigenvalue weighted by Gasteiger charge is -2.22. The predicted molar refractivity (Wildman–Crippen MR) is 105 cm³/mol. The molecule has 2 N–H and O–H groups in total. The zero-order valence-corrected chi connectivity index (χ0v) is 15.8. The number of hydrogen-bond donors (Lipinski definition) is 2. The van der Waals surface area contributed by atoms with Crippen molar-refractivity contribution in [3.63, 3.8) is 0 Å². The molecule has 2 aromatic heterocycles. The summed E-state index contributed by atoms with van der Waals surface area (Å²) in [6.45, 7) is 1.60. The van der Waals surface area contributed by atoms with Crippen molar-refractivity contribution in [2.75, 3.05) is 0 Å². The van der Waals surface area contributed by atoms with Crippen molar-refractivity contribution in [1.82, 2.24) is 19.7 Å². The zero-order chi connectivity index (χ0) is 19.8. The smallest absolute Gasteiger partial charge is 0.327 e. The third-order valence-electron chi connectivity index (χ3n) is 4.34. The van der Waals surface area contributed by atoms with Gasteiger partial charge in [-0.25, -0.2) is 4.79 Å². The molecule has 8 nitrogen and oxygen atoms in total. The lowest BCUT2D eigenvalue weighted by atomic mass is 9.61. The summed E-state index contributed by atoms with van der Waals surface area (Å²) in [4.78, 5) is 31.4. The number of H-pyrrole nitrogens is 1. The first-order valence-corrected chi connectivity index (χ1v) is 8.66. The predicted octanol–water partition coefficient (Wildman–Crippen LogP) is -0.918. The van der Waals surface area contributed by atoms with Gasteiger partial charge < -0.3 is 14.6 Å². The number of aromatic amines is 1. The molecule has 138 valence electrons. The van der Waals surface area contributed by atoms with Gasteiger partial charge in [-0.15, -0.1) is 0 Å². The van der Waals surface area contributed by atoms with Gasteiger partial charge in [0.2, 0.25) is 5.89 Å². The first-order valence-electron chi connectivity index (χ1n) is 8.28. The molecule has 1 atom stereocenters. The van der Waals surface area contributed by atoms with Crippen LogP contribution in [0, 0.1) is 6.92 Å². The Morgan fingerprint density at radius 3 is 2.67 bits per heavy atom. The van der Waals surface area contributed by atoms with Crippen molar-refractivity contribution in [3.05, 3.63) is 79.2 Å². The van der Waals surface area contributed by atoms with Crippen LogP contribution in [0.1, 0.15) is 28.9 Å². The van der Waals surface area contributed by atoms with E-state index in [9.17, 15) is 14.7 Å². The molecule has 0 amide bonds. The zero-order valence-electron chi connectivity index (χ0n) is 15.1. The highest BCUT2D eigenvalue weighted by atomic mass is 35.5. The maximum atomic E-state index is 12.4. The highest BCUT2D eigenvalue weighted by molar-refractivity contribution is 6.39. The molecule has 0 saturated heterocycles. The van der Waals surface area contributed by atoms with Crippen molar-refractivity contribution in [3.8, 4) is 0 Å². The second kappa shape index (κ2) is 7.21. The number of hydrogen-bond acceptors (Lipinski definition) is 6. The van der Waals surface area contributed by atoms with E-state index in [2.05, 4.69) is 15.1 Å². The Labute approximate surface area is 161 Å². The van der Waals surface area contributed by atoms with Gasteiger partial charge in [0.05, 0.1) is 11.4 Å². The first-order chi connectivity index (χ1) is 12.7. The van der Waals surface area contributed by atoms with Gasteiger partial charge in [0, 0.05) is 23.2 Å². The van der Waals surface area contributed by atoms with E-state index in [1.807, 2.05) is 0 Å². The van der Waals surface area contributed by atoms with Crippen LogP contribution in [0.4, 0.5) is 0 Å². The largest absolute Gasteiger partial charge is 0.388 e. The molecule has 3 rings (SSSR count). The van der Waals surface area contributed by atoms with Crippen LogP contribution in [0.5, 0.6) is 0 Å². The van der Waals surface area contributed by atoms with Crippen molar-refractivity contribution < 1.29 is 9.63 Å². The van der Waals surface area contributed by atoms with E-state index < -0.39 is 22.7 Å². The number of benzene rings is 1. The maximum Gasteiger partial charge on any atom is 0.327 e. The number of aryl methyl sites for hydroxylation is 1. The molecule has 1 unspecified atom stereocenters. The average Bonchev–Trinajstić information content (AvgIpc) is 3.08. The molecule has 27 heavy (non-hydrogen) atoms. The molecule has 0 spiro atoms. The van der Waals surface area contributed by atoms with E-state index in [1.165, 1.54) is 6.20 Å². The van der Waals surface area contributed by atoms with Crippen LogP contribution in [-0.4, -0.2) is 40.5 Å². The normalized spacial score (nSPS) is 12.9. The topological polar surface area (TPSA) is 114 Å². The van der Waals surface area contributed by atoms with Gasteiger partial charge in [-0.05, 0) is 24.6 Å². The molecule has 2 heterocycles. The van der Waals surface area contributed by atoms with E-state index >= 15 is 0 Å². The molecule has 11 heteroatoms. The maximum absolute atomic E-state index is 12.4. The van der Waals surface area contributed by atoms with Crippen molar-refractivity contribution in [1.29, 1.82) is 0 Å². The fraction of sp³-hybridized carbons (Fsp3) is 0.250. The van der Waals surface area contributed by atoms with E-state index in [-0.39, 0.29) is 18.1 Å². The number of halogens is 1. The molecule has 1 aromatic carbocycles. The number of nitrogens with one attached hydrogen (secondary N) is 1. The number of rotatable bonds is 5. The van der Waals surface area contributed by atoms with E-state index in [0.717, 1.165) is 4.57 Å². The fourth-order valence-electron chi connectivity index (χ4n) is 2.73. The summed E-state index contributed by atoms with van der Waals surface area (Å²) >= 11 is 5.85. The summed E-state index contributed by atoms with van der Waals surface area (Å²) in [5.74, 6) is 0.358. The third kappa shape index (κ3) is 3.77. The molecule has 0 aliphatic rings. The lowest BCUT2D eigenvalue weighted by Crippen LogP contribution is -2.51. The standard InChI is InChI=1S/C16H17B2ClN4O4/c1-8-7-20-15(26)23(13(8)25)16(17,18)14-21-12(22-27-14)6-11(24)9-2-4-10(19)5-3-9/h2-5,7,11,24H,6,17-18H2,1H3,(H,20,26). The highest BCUT2D eigenvalue weighted by Gasteiger charge is 2.33. The molecule has 0 fully saturated rings. The highest BCUT2D eigenvalue weighted by Crippen LogP contribution is 2.21. The number of aliphatic hydroxyl groups is 1. The van der Waals surface area contributed by atoms with E-state index in [1.54, 1.807) is 46.9 Å². The van der Waals surface area contributed by atoms with Crippen molar-refractivity contribution >= 4 is 27.3 Å². The summed E-state index contributed by atoms with van der Waals surface area (Å²) in [6.07, 6.45) is 0.625. The fourth-order valence-corrected chi connectivity index (χ4v) is 2.86. The molecule has 0 saturated carbocycles. The second-order valence-electron chi connectivity index (χ2n) is 6.76. The Morgan fingerprint density at radius 1 is 1.33 bits per heavy atom. The second-order valence-corrected chi connectivity index (χ2v) is 7.20. The number of aliphatic hydroxyl groups excluding tert-OH is 1. The van der Waals surface area contributed by atoms with Gasteiger partial charge in [0.25, 0.3) is 5.56 Å². The monoisotopic (exact) mass is 386 g/mol. The minimum atomic E-state index is -1.16. The van der Waals surface area contributed by atoms with E-state index in [0.29, 0.717) is 16.1 Å². The van der Waals surface area contributed by atoms with Gasteiger partial charge in [-0.2, -0.15) is 4.98 Å². The van der Waals surface area contributed by atoms with Gasteiger partial charge in [0.1, 0.15) is 15.7 Å². The van der Waals surface area contributed by atoms with Crippen LogP contribution in [0.3, 0.4) is 0 Å². The van der Waals surface area contributed by atoms with Gasteiger partial charge >= 0.3 is 5.69 Å². The van der Waals surface area contributed by atoms with Gasteiger partial charge in [-0.1, -0.05) is 28.9 Å². The van der Waals surface area contributed by atoms with Crippen molar-refractivity contribution in [2.45, 2.75) is 24.8 Å². The molecule has 0 aliphatic heterocycles. The molecule has 0 radical (unpaired) electrons. The Bertz CT molecular complexity index is 1080. The SMILES string of the molecule is BC(B)(c1nc(CC(O)c2ccc(Cl)cc2)no1)n1c(=O)[nH]cc(C)c1=O. The first kappa shape index (κ1) is 19.2. The molecule has 0 aliphatic carbocycles. The Kier molecular flexibility index (Phi) is 5.12. The van der Waals surface area contributed by atoms with Crippen LogP contribution in [0.25, 0.3) is 0 Å². The molecular formula is C16H17B2ClN4O4. The number of aromatic nitrogens is 4. The molecule has 3 aromatic rings. The summed E-state index contributed by atoms with van der Waals surface area (Å²) in [6, 6.07) is 6.79. The summed E-state index contributed by atoms with van der Waals surface area (Å²) in [5, 5.41) is 13.6. The summed E-state index contributed by atoms with van der Waals surface area (Å²) in [7, 11) is 3.27. The lowest BCUT2D eigenvalue weighted by molar-refractivity contribution is 0.174. The summed E-state index contributed by atoms with van der Waals surface area (Å²) < 4.78 is 6.32. The van der Waals surface area contributed by atoms with Crippen LogP contribution < -0.4 is 11.2 Å². The quantitative estimate of drug-likeness (QED) is 0.549. The third-order valence-corrected chi connectivity index (χ3v) is 4.59. The minimum absolute atomic E-state index is 0.0963. The van der Waals surface area contributed by atoms with Crippen molar-refractivity contribution in [2.24, 2.45) is 0 Å². The Hall–Kier alpha value is -2.58.